The van der Waals surface area contributed by atoms with Gasteiger partial charge in [0.1, 0.15) is 0 Å². The van der Waals surface area contributed by atoms with Crippen molar-refractivity contribution < 1.29 is 14.7 Å². The normalized spacial score (nSPS) is 22.8. The molecule has 1 aliphatic carbocycles. The molecule has 130 valence electrons. The van der Waals surface area contributed by atoms with Crippen LogP contribution in [0.1, 0.15) is 41.4 Å². The van der Waals surface area contributed by atoms with Crippen molar-refractivity contribution in [1.29, 1.82) is 0 Å². The molecule has 5 nitrogen and oxygen atoms in total. The molecule has 5 heteroatoms. The summed E-state index contributed by atoms with van der Waals surface area (Å²) in [6, 6.07) is 7.83. The summed E-state index contributed by atoms with van der Waals surface area (Å²) < 4.78 is 0. The molecule has 1 N–H and O–H groups in total. The SMILES string of the molecule is CC1CN(C(=O)c2c3c(nc4ccccc24)CCC3)CCC1C(=O)O. The standard InChI is InChI=1S/C20H22N2O3/c1-12-11-22(10-9-13(12)20(24)25)19(23)18-14-5-2-3-7-16(14)21-17-8-4-6-15(17)18/h2-3,5,7,12-13H,4,6,8-11H2,1H3,(H,24,25). The topological polar surface area (TPSA) is 70.5 Å². The van der Waals surface area contributed by atoms with Gasteiger partial charge in [-0.3, -0.25) is 14.6 Å². The number of fused-ring (bicyclic) bond motifs is 2. The molecule has 1 aromatic heterocycles. The van der Waals surface area contributed by atoms with E-state index in [1.54, 1.807) is 0 Å². The largest absolute Gasteiger partial charge is 0.481 e. The average Bonchev–Trinajstić information content (AvgIpc) is 3.06. The molecule has 2 aliphatic rings. The Kier molecular flexibility index (Phi) is 3.94. The van der Waals surface area contributed by atoms with Crippen LogP contribution in [0.2, 0.25) is 0 Å². The number of nitrogens with zero attached hydrogens (tertiary/aromatic N) is 2. The Balaban J connectivity index is 1.73. The first-order valence-electron chi connectivity index (χ1n) is 8.99. The number of aliphatic carboxylic acids is 1. The second-order valence-electron chi connectivity index (χ2n) is 7.24. The van der Waals surface area contributed by atoms with E-state index in [-0.39, 0.29) is 17.7 Å². The monoisotopic (exact) mass is 338 g/mol. The third-order valence-corrected chi connectivity index (χ3v) is 5.64. The fourth-order valence-corrected chi connectivity index (χ4v) is 4.31. The van der Waals surface area contributed by atoms with Crippen LogP contribution in [0.3, 0.4) is 0 Å². The van der Waals surface area contributed by atoms with Crippen LogP contribution in [0, 0.1) is 11.8 Å². The number of pyridine rings is 1. The number of para-hydroxylation sites is 1. The van der Waals surface area contributed by atoms with Crippen LogP contribution >= 0.6 is 0 Å². The molecule has 1 aromatic carbocycles. The second-order valence-corrected chi connectivity index (χ2v) is 7.24. The zero-order chi connectivity index (χ0) is 17.6. The minimum Gasteiger partial charge on any atom is -0.481 e. The number of aromatic nitrogens is 1. The minimum atomic E-state index is -0.755. The summed E-state index contributed by atoms with van der Waals surface area (Å²) in [5.74, 6) is -1.11. The summed E-state index contributed by atoms with van der Waals surface area (Å²) >= 11 is 0. The molecule has 0 spiro atoms. The van der Waals surface area contributed by atoms with Crippen molar-refractivity contribution in [1.82, 2.24) is 9.88 Å². The number of amides is 1. The maximum Gasteiger partial charge on any atom is 0.306 e. The average molecular weight is 338 g/mol. The van der Waals surface area contributed by atoms with E-state index in [4.69, 9.17) is 4.98 Å². The molecule has 1 aliphatic heterocycles. The molecule has 4 rings (SSSR count). The van der Waals surface area contributed by atoms with E-state index < -0.39 is 5.97 Å². The second kappa shape index (κ2) is 6.14. The van der Waals surface area contributed by atoms with E-state index in [0.29, 0.717) is 19.5 Å². The number of benzene rings is 1. The van der Waals surface area contributed by atoms with Crippen molar-refractivity contribution in [3.05, 3.63) is 41.1 Å². The summed E-state index contributed by atoms with van der Waals surface area (Å²) in [7, 11) is 0. The van der Waals surface area contributed by atoms with E-state index in [2.05, 4.69) is 0 Å². The van der Waals surface area contributed by atoms with E-state index in [9.17, 15) is 14.7 Å². The lowest BCUT2D eigenvalue weighted by atomic mass is 9.86. The lowest BCUT2D eigenvalue weighted by molar-refractivity contribution is -0.145. The van der Waals surface area contributed by atoms with Crippen molar-refractivity contribution >= 4 is 22.8 Å². The predicted molar refractivity (Wildman–Crippen MR) is 94.6 cm³/mol. The van der Waals surface area contributed by atoms with Crippen LogP contribution in [-0.4, -0.2) is 40.0 Å². The van der Waals surface area contributed by atoms with Gasteiger partial charge in [-0.25, -0.2) is 0 Å². The number of hydrogen-bond donors (Lipinski definition) is 1. The first-order chi connectivity index (χ1) is 12.1. The number of carbonyl (C=O) groups excluding carboxylic acids is 1. The Morgan fingerprint density at radius 3 is 2.80 bits per heavy atom. The Morgan fingerprint density at radius 1 is 1.24 bits per heavy atom. The lowest BCUT2D eigenvalue weighted by Gasteiger charge is -2.35. The molecule has 1 saturated heterocycles. The molecule has 25 heavy (non-hydrogen) atoms. The molecule has 2 atom stereocenters. The van der Waals surface area contributed by atoms with Gasteiger partial charge in [0, 0.05) is 24.2 Å². The minimum absolute atomic E-state index is 0.0312. The number of carboxylic acid groups (broad SMARTS) is 1. The Morgan fingerprint density at radius 2 is 2.04 bits per heavy atom. The van der Waals surface area contributed by atoms with Crippen LogP contribution in [0.25, 0.3) is 10.9 Å². The van der Waals surface area contributed by atoms with Gasteiger partial charge in [-0.2, -0.15) is 0 Å². The first-order valence-corrected chi connectivity index (χ1v) is 8.99. The lowest BCUT2D eigenvalue weighted by Crippen LogP contribution is -2.45. The van der Waals surface area contributed by atoms with Crippen LogP contribution in [0.4, 0.5) is 0 Å². The molecule has 2 heterocycles. The molecule has 0 saturated carbocycles. The highest BCUT2D eigenvalue weighted by Crippen LogP contribution is 2.32. The smallest absolute Gasteiger partial charge is 0.306 e. The third kappa shape index (κ3) is 2.68. The van der Waals surface area contributed by atoms with Crippen molar-refractivity contribution in [2.45, 2.75) is 32.6 Å². The van der Waals surface area contributed by atoms with Gasteiger partial charge in [0.2, 0.25) is 0 Å². The van der Waals surface area contributed by atoms with E-state index in [1.165, 1.54) is 0 Å². The molecule has 2 unspecified atom stereocenters. The summed E-state index contributed by atoms with van der Waals surface area (Å²) in [4.78, 5) is 31.3. The van der Waals surface area contributed by atoms with Crippen molar-refractivity contribution in [2.24, 2.45) is 11.8 Å². The van der Waals surface area contributed by atoms with Gasteiger partial charge < -0.3 is 10.0 Å². The summed E-state index contributed by atoms with van der Waals surface area (Å²) in [5, 5.41) is 10.2. The van der Waals surface area contributed by atoms with Gasteiger partial charge in [0.25, 0.3) is 5.91 Å². The molecule has 1 fully saturated rings. The van der Waals surface area contributed by atoms with Crippen molar-refractivity contribution in [2.75, 3.05) is 13.1 Å². The maximum atomic E-state index is 13.3. The quantitative estimate of drug-likeness (QED) is 0.914. The summed E-state index contributed by atoms with van der Waals surface area (Å²) in [6.45, 7) is 2.93. The molecule has 2 aromatic rings. The third-order valence-electron chi connectivity index (χ3n) is 5.64. The first kappa shape index (κ1) is 16.1. The number of rotatable bonds is 2. The molecular weight excluding hydrogens is 316 g/mol. The number of likely N-dealkylation sites (tertiary alicyclic amines) is 1. The van der Waals surface area contributed by atoms with Gasteiger partial charge in [-0.15, -0.1) is 0 Å². The van der Waals surface area contributed by atoms with Crippen molar-refractivity contribution in [3.63, 3.8) is 0 Å². The van der Waals surface area contributed by atoms with Crippen molar-refractivity contribution in [3.8, 4) is 0 Å². The van der Waals surface area contributed by atoms with E-state index in [0.717, 1.165) is 47.0 Å². The highest BCUT2D eigenvalue weighted by atomic mass is 16.4. The summed E-state index contributed by atoms with van der Waals surface area (Å²) in [5.41, 5.74) is 3.81. The zero-order valence-corrected chi connectivity index (χ0v) is 14.4. The highest BCUT2D eigenvalue weighted by molar-refractivity contribution is 6.08. The predicted octanol–water partition coefficient (Wildman–Crippen LogP) is 2.91. The molecular formula is C20H22N2O3. The fourth-order valence-electron chi connectivity index (χ4n) is 4.31. The van der Waals surface area contributed by atoms with Gasteiger partial charge in [0.15, 0.2) is 0 Å². The zero-order valence-electron chi connectivity index (χ0n) is 14.4. The summed E-state index contributed by atoms with van der Waals surface area (Å²) in [6.07, 6.45) is 3.39. The van der Waals surface area contributed by atoms with Crippen LogP contribution in [0.5, 0.6) is 0 Å². The van der Waals surface area contributed by atoms with Gasteiger partial charge in [0.05, 0.1) is 17.0 Å². The number of carboxylic acids is 1. The van der Waals surface area contributed by atoms with E-state index >= 15 is 0 Å². The van der Waals surface area contributed by atoms with Crippen LogP contribution < -0.4 is 0 Å². The van der Waals surface area contributed by atoms with Gasteiger partial charge >= 0.3 is 5.97 Å². The highest BCUT2D eigenvalue weighted by Gasteiger charge is 2.35. The fraction of sp³-hybridized carbons (Fsp3) is 0.450. The molecule has 1 amide bonds. The molecule has 0 radical (unpaired) electrons. The van der Waals surface area contributed by atoms with Gasteiger partial charge in [-0.1, -0.05) is 25.1 Å². The number of piperidine rings is 1. The Hall–Kier alpha value is -2.43. The van der Waals surface area contributed by atoms with Gasteiger partial charge in [-0.05, 0) is 43.2 Å². The van der Waals surface area contributed by atoms with Crippen LogP contribution in [0.15, 0.2) is 24.3 Å². The van der Waals surface area contributed by atoms with E-state index in [1.807, 2.05) is 36.1 Å². The molecule has 0 bridgehead atoms. The number of hydrogen-bond acceptors (Lipinski definition) is 3. The maximum absolute atomic E-state index is 13.3. The van der Waals surface area contributed by atoms with Crippen LogP contribution in [-0.2, 0) is 17.6 Å². The number of aryl methyl sites for hydroxylation is 1. The Bertz CT molecular complexity index is 861. The number of carbonyl (C=O) groups is 2. The Labute approximate surface area is 146 Å².